The van der Waals surface area contributed by atoms with Gasteiger partial charge in [0.1, 0.15) is 6.61 Å². The zero-order valence-electron chi connectivity index (χ0n) is 22.8. The molecule has 2 N–H and O–H groups in total. The number of carbonyl (C=O) groups is 2. The van der Waals surface area contributed by atoms with Crippen LogP contribution in [0.1, 0.15) is 40.7 Å². The molecule has 40 heavy (non-hydrogen) atoms. The molecule has 8 heteroatoms. The Morgan fingerprint density at radius 1 is 1.02 bits per heavy atom. The minimum Gasteiger partial charge on any atom is -0.457 e. The van der Waals surface area contributed by atoms with E-state index in [4.69, 9.17) is 16.3 Å². The zero-order valence-corrected chi connectivity index (χ0v) is 24.4. The normalized spacial score (nSPS) is 14.8. The third-order valence-corrected chi connectivity index (χ3v) is 7.95. The summed E-state index contributed by atoms with van der Waals surface area (Å²) in [4.78, 5) is 26.4. The number of benzene rings is 3. The first-order valence-electron chi connectivity index (χ1n) is 12.8. The number of ether oxygens (including phenoxy) is 1. The first kappa shape index (κ1) is 29.0. The molecule has 0 bridgehead atoms. The second-order valence-corrected chi connectivity index (χ2v) is 11.0. The minimum atomic E-state index is -0.754. The van der Waals surface area contributed by atoms with Crippen LogP contribution in [0.4, 0.5) is 5.69 Å². The number of thioether (sulfide) groups is 1. The lowest BCUT2D eigenvalue weighted by Crippen LogP contribution is -2.29. The first-order chi connectivity index (χ1) is 19.2. The van der Waals surface area contributed by atoms with Crippen LogP contribution in [-0.4, -0.2) is 17.6 Å². The van der Waals surface area contributed by atoms with Crippen molar-refractivity contribution >= 4 is 40.9 Å². The first-order valence-corrected chi connectivity index (χ1v) is 14.1. The van der Waals surface area contributed by atoms with Gasteiger partial charge in [0.25, 0.3) is 0 Å². The predicted octanol–water partition coefficient (Wildman–Crippen LogP) is 7.08. The molecule has 4 rings (SSSR count). The molecule has 1 aliphatic rings. The lowest BCUT2D eigenvalue weighted by atomic mass is 9.82. The fourth-order valence-corrected chi connectivity index (χ4v) is 5.95. The van der Waals surface area contributed by atoms with Crippen LogP contribution in [0, 0.1) is 32.1 Å². The van der Waals surface area contributed by atoms with Gasteiger partial charge < -0.3 is 15.4 Å². The van der Waals surface area contributed by atoms with Crippen LogP contribution >= 0.6 is 23.4 Å². The summed E-state index contributed by atoms with van der Waals surface area (Å²) >= 11 is 7.79. The predicted molar refractivity (Wildman–Crippen MR) is 161 cm³/mol. The van der Waals surface area contributed by atoms with E-state index in [0.29, 0.717) is 32.5 Å². The van der Waals surface area contributed by atoms with Crippen molar-refractivity contribution in [3.63, 3.8) is 0 Å². The molecule has 0 saturated carbocycles. The molecule has 0 radical (unpaired) electrons. The van der Waals surface area contributed by atoms with Crippen molar-refractivity contribution < 1.29 is 14.3 Å². The lowest BCUT2D eigenvalue weighted by molar-refractivity contribution is -0.140. The van der Waals surface area contributed by atoms with E-state index in [9.17, 15) is 14.9 Å². The molecule has 6 nitrogen and oxygen atoms in total. The molecule has 1 heterocycles. The highest BCUT2D eigenvalue weighted by atomic mass is 35.5. The Balaban J connectivity index is 1.61. The number of hydrogen-bond acceptors (Lipinski definition) is 6. The highest BCUT2D eigenvalue weighted by Crippen LogP contribution is 2.43. The van der Waals surface area contributed by atoms with Crippen LogP contribution in [0.3, 0.4) is 0 Å². The van der Waals surface area contributed by atoms with E-state index in [1.807, 2.05) is 69.3 Å². The van der Waals surface area contributed by atoms with Gasteiger partial charge in [0.2, 0.25) is 5.91 Å². The monoisotopic (exact) mass is 571 g/mol. The largest absolute Gasteiger partial charge is 0.457 e. The molecule has 3 aromatic carbocycles. The molecule has 0 fully saturated rings. The van der Waals surface area contributed by atoms with Crippen molar-refractivity contribution in [1.82, 2.24) is 5.32 Å². The van der Waals surface area contributed by atoms with E-state index in [1.165, 1.54) is 11.8 Å². The smallest absolute Gasteiger partial charge is 0.337 e. The fourth-order valence-electron chi connectivity index (χ4n) is 4.81. The number of nitriles is 1. The van der Waals surface area contributed by atoms with E-state index in [1.54, 1.807) is 25.1 Å². The van der Waals surface area contributed by atoms with Crippen molar-refractivity contribution in [3.8, 4) is 6.07 Å². The topological polar surface area (TPSA) is 91.2 Å². The lowest BCUT2D eigenvalue weighted by Gasteiger charge is -2.29. The summed E-state index contributed by atoms with van der Waals surface area (Å²) in [7, 11) is 0. The number of esters is 1. The molecule has 1 aliphatic heterocycles. The Morgan fingerprint density at radius 2 is 1.68 bits per heavy atom. The number of halogens is 1. The summed E-state index contributed by atoms with van der Waals surface area (Å²) in [6.07, 6.45) is 0. The van der Waals surface area contributed by atoms with Crippen LogP contribution in [0.5, 0.6) is 0 Å². The molecule has 3 aromatic rings. The van der Waals surface area contributed by atoms with Gasteiger partial charge in [-0.05, 0) is 56.0 Å². The number of carbonyl (C=O) groups excluding carboxylic acids is 2. The van der Waals surface area contributed by atoms with Gasteiger partial charge in [0, 0.05) is 16.4 Å². The summed E-state index contributed by atoms with van der Waals surface area (Å²) in [6, 6.07) is 22.8. The maximum absolute atomic E-state index is 13.4. The van der Waals surface area contributed by atoms with Gasteiger partial charge >= 0.3 is 5.97 Å². The van der Waals surface area contributed by atoms with Crippen LogP contribution in [-0.2, 0) is 20.9 Å². The Labute approximate surface area is 244 Å². The molecule has 0 spiro atoms. The number of nitrogens with zero attached hydrogens (tertiary/aromatic N) is 1. The fraction of sp³-hybridized carbons (Fsp3) is 0.219. The van der Waals surface area contributed by atoms with E-state index < -0.39 is 11.9 Å². The van der Waals surface area contributed by atoms with Gasteiger partial charge in [-0.3, -0.25) is 4.79 Å². The standard InChI is InChI=1S/C32H30ClN3O3S/c1-19-14-20(2)30(21(3)15-19)36-27(37)18-40-31-25(16-34)29(24-12-8-9-13-26(24)33)28(22(4)35-31)32(38)39-17-23-10-6-5-7-11-23/h5-15,29,35H,17-18H2,1-4H3,(H,36,37). The van der Waals surface area contributed by atoms with Crippen molar-refractivity contribution in [2.45, 2.75) is 40.2 Å². The molecular formula is C32H30ClN3O3S. The average Bonchev–Trinajstić information content (AvgIpc) is 2.93. The number of aryl methyl sites for hydroxylation is 3. The maximum atomic E-state index is 13.4. The van der Waals surface area contributed by atoms with Crippen molar-refractivity contribution in [3.05, 3.63) is 121 Å². The number of nitrogens with one attached hydrogen (secondary N) is 2. The minimum absolute atomic E-state index is 0.0661. The highest BCUT2D eigenvalue weighted by Gasteiger charge is 2.36. The molecule has 0 aromatic heterocycles. The molecule has 1 atom stereocenters. The number of allylic oxidation sites excluding steroid dienone is 2. The van der Waals surface area contributed by atoms with Crippen LogP contribution < -0.4 is 10.6 Å². The Hall–Kier alpha value is -3.99. The second kappa shape index (κ2) is 12.9. The Bertz CT molecular complexity index is 1530. The number of amides is 1. The molecule has 1 unspecified atom stereocenters. The molecule has 0 aliphatic carbocycles. The van der Waals surface area contributed by atoms with Gasteiger partial charge in [-0.25, -0.2) is 4.79 Å². The maximum Gasteiger partial charge on any atom is 0.337 e. The summed E-state index contributed by atoms with van der Waals surface area (Å²) in [5.41, 5.74) is 6.49. The SMILES string of the molecule is CC1=C(C(=O)OCc2ccccc2)C(c2ccccc2Cl)C(C#N)=C(SCC(=O)Nc2c(C)cc(C)cc2C)N1. The number of anilines is 1. The van der Waals surface area contributed by atoms with Crippen LogP contribution in [0.15, 0.2) is 88.6 Å². The number of dihydropyridines is 1. The van der Waals surface area contributed by atoms with E-state index in [-0.39, 0.29) is 18.3 Å². The van der Waals surface area contributed by atoms with Gasteiger partial charge in [-0.15, -0.1) is 0 Å². The molecule has 1 amide bonds. The van der Waals surface area contributed by atoms with Gasteiger partial charge in [-0.2, -0.15) is 5.26 Å². The van der Waals surface area contributed by atoms with Gasteiger partial charge in [-0.1, -0.05) is 89.6 Å². The number of rotatable bonds is 8. The van der Waals surface area contributed by atoms with E-state index in [0.717, 1.165) is 27.9 Å². The molecule has 0 saturated heterocycles. The van der Waals surface area contributed by atoms with Crippen LogP contribution in [0.25, 0.3) is 0 Å². The van der Waals surface area contributed by atoms with Gasteiger partial charge in [0.05, 0.1) is 33.9 Å². The van der Waals surface area contributed by atoms with E-state index >= 15 is 0 Å². The Kier molecular flexibility index (Phi) is 9.36. The summed E-state index contributed by atoms with van der Waals surface area (Å²) in [6.45, 7) is 7.79. The van der Waals surface area contributed by atoms with Gasteiger partial charge in [0.15, 0.2) is 0 Å². The summed E-state index contributed by atoms with van der Waals surface area (Å²) in [5, 5.41) is 17.4. The van der Waals surface area contributed by atoms with Crippen molar-refractivity contribution in [2.24, 2.45) is 0 Å². The Morgan fingerprint density at radius 3 is 2.33 bits per heavy atom. The second-order valence-electron chi connectivity index (χ2n) is 9.65. The number of hydrogen-bond donors (Lipinski definition) is 2. The third kappa shape index (κ3) is 6.59. The highest BCUT2D eigenvalue weighted by molar-refractivity contribution is 8.03. The molecule has 204 valence electrons. The summed E-state index contributed by atoms with van der Waals surface area (Å²) in [5.74, 6) is -1.43. The zero-order chi connectivity index (χ0) is 28.8. The van der Waals surface area contributed by atoms with Crippen molar-refractivity contribution in [1.29, 1.82) is 5.26 Å². The third-order valence-electron chi connectivity index (χ3n) is 6.59. The quantitative estimate of drug-likeness (QED) is 0.281. The summed E-state index contributed by atoms with van der Waals surface area (Å²) < 4.78 is 5.67. The molecular weight excluding hydrogens is 542 g/mol. The average molecular weight is 572 g/mol. The van der Waals surface area contributed by atoms with E-state index in [2.05, 4.69) is 16.7 Å². The van der Waals surface area contributed by atoms with Crippen molar-refractivity contribution in [2.75, 3.05) is 11.1 Å². The van der Waals surface area contributed by atoms with Crippen LogP contribution in [0.2, 0.25) is 5.02 Å².